The lowest BCUT2D eigenvalue weighted by atomic mass is 9.58. The number of rotatable bonds is 7. The Labute approximate surface area is 225 Å². The minimum atomic E-state index is -0.445. The summed E-state index contributed by atoms with van der Waals surface area (Å²) in [5, 5.41) is 0. The molecule has 0 bridgehead atoms. The van der Waals surface area contributed by atoms with Gasteiger partial charge in [0.2, 0.25) is 0 Å². The summed E-state index contributed by atoms with van der Waals surface area (Å²) in [4.78, 5) is 0. The molecule has 182 valence electrons. The van der Waals surface area contributed by atoms with Gasteiger partial charge in [0, 0.05) is 5.92 Å². The van der Waals surface area contributed by atoms with E-state index in [0.29, 0.717) is 0 Å². The first-order chi connectivity index (χ1) is 18.9. The molecule has 6 rings (SSSR count). The molecule has 0 unspecified atom stereocenters. The summed E-state index contributed by atoms with van der Waals surface area (Å²) >= 11 is 0. The minimum Gasteiger partial charge on any atom is -0.0622 e. The Morgan fingerprint density at radius 1 is 0.289 bits per heavy atom. The van der Waals surface area contributed by atoms with Gasteiger partial charge in [0.15, 0.2) is 0 Å². The van der Waals surface area contributed by atoms with Crippen molar-refractivity contribution in [2.24, 2.45) is 0 Å². The summed E-state index contributed by atoms with van der Waals surface area (Å²) in [5.41, 5.74) is 8.42. The van der Waals surface area contributed by atoms with Crippen LogP contribution in [0.3, 0.4) is 0 Å². The van der Waals surface area contributed by atoms with Crippen LogP contribution in [0.25, 0.3) is 11.1 Å². The van der Waals surface area contributed by atoms with Gasteiger partial charge in [-0.05, 0) is 38.9 Å². The van der Waals surface area contributed by atoms with Crippen molar-refractivity contribution in [3.05, 3.63) is 204 Å². The second kappa shape index (κ2) is 10.7. The normalized spacial score (nSPS) is 12.1. The molecule has 0 spiro atoms. The molecule has 0 nitrogen and oxygen atoms in total. The highest BCUT2D eigenvalue weighted by Crippen LogP contribution is 2.52. The van der Waals surface area contributed by atoms with E-state index >= 15 is 0 Å². The van der Waals surface area contributed by atoms with E-state index in [4.69, 9.17) is 0 Å². The van der Waals surface area contributed by atoms with Crippen LogP contribution in [0.2, 0.25) is 0 Å². The van der Waals surface area contributed by atoms with Crippen molar-refractivity contribution in [3.8, 4) is 11.1 Å². The van der Waals surface area contributed by atoms with Gasteiger partial charge in [0.25, 0.3) is 0 Å². The third-order valence-electron chi connectivity index (χ3n) is 7.60. The molecule has 0 fully saturated rings. The Hall–Kier alpha value is -4.68. The lowest BCUT2D eigenvalue weighted by molar-refractivity contribution is 0.537. The quantitative estimate of drug-likeness (QED) is 0.197. The van der Waals surface area contributed by atoms with E-state index < -0.39 is 5.41 Å². The largest absolute Gasteiger partial charge is 0.0622 e. The zero-order valence-corrected chi connectivity index (χ0v) is 21.3. The first-order valence-electron chi connectivity index (χ1n) is 13.2. The van der Waals surface area contributed by atoms with Gasteiger partial charge in [-0.1, -0.05) is 176 Å². The highest BCUT2D eigenvalue weighted by Gasteiger charge is 2.45. The SMILES string of the molecule is c1ccc(-c2ccc([C@@H](c3ccccc3)C(c3ccccc3)(c3ccccc3)c3ccccc3)cc2)cc1. The molecular formula is C38H30. The highest BCUT2D eigenvalue weighted by atomic mass is 14.5. The van der Waals surface area contributed by atoms with Crippen molar-refractivity contribution in [2.45, 2.75) is 11.3 Å². The van der Waals surface area contributed by atoms with Crippen molar-refractivity contribution >= 4 is 0 Å². The van der Waals surface area contributed by atoms with Crippen LogP contribution in [0, 0.1) is 0 Å². The fourth-order valence-corrected chi connectivity index (χ4v) is 5.94. The third-order valence-corrected chi connectivity index (χ3v) is 7.60. The Kier molecular flexibility index (Phi) is 6.70. The van der Waals surface area contributed by atoms with Gasteiger partial charge in [0.05, 0.1) is 5.41 Å². The first-order valence-corrected chi connectivity index (χ1v) is 13.2. The standard InChI is InChI=1S/C38H30/c1-6-16-30(17-7-1)31-26-28-33(29-27-31)37(32-18-8-2-9-19-32)38(34-20-10-3-11-21-34,35-22-12-4-13-23-35)36-24-14-5-15-25-36/h1-29,37H/t37-/m1/s1. The van der Waals surface area contributed by atoms with E-state index in [-0.39, 0.29) is 5.92 Å². The molecule has 0 aliphatic heterocycles. The molecule has 6 aromatic carbocycles. The lowest BCUT2D eigenvalue weighted by Gasteiger charge is -2.43. The predicted octanol–water partition coefficient (Wildman–Crippen LogP) is 9.52. The molecule has 0 N–H and O–H groups in total. The summed E-state index contributed by atoms with van der Waals surface area (Å²) < 4.78 is 0. The molecule has 0 aromatic heterocycles. The smallest absolute Gasteiger partial charge is 0.0560 e. The summed E-state index contributed by atoms with van der Waals surface area (Å²) in [6, 6.07) is 63.8. The van der Waals surface area contributed by atoms with Crippen LogP contribution < -0.4 is 0 Å². The first kappa shape index (κ1) is 23.7. The molecule has 0 radical (unpaired) electrons. The maximum absolute atomic E-state index is 2.32. The van der Waals surface area contributed by atoms with Crippen LogP contribution >= 0.6 is 0 Å². The molecule has 0 saturated carbocycles. The Morgan fingerprint density at radius 3 is 1.03 bits per heavy atom. The van der Waals surface area contributed by atoms with E-state index in [9.17, 15) is 0 Å². The van der Waals surface area contributed by atoms with Crippen molar-refractivity contribution in [3.63, 3.8) is 0 Å². The molecular weight excluding hydrogens is 456 g/mol. The summed E-state index contributed by atoms with van der Waals surface area (Å²) in [6.07, 6.45) is 0. The van der Waals surface area contributed by atoms with Crippen LogP contribution in [0.1, 0.15) is 33.7 Å². The maximum Gasteiger partial charge on any atom is 0.0560 e. The topological polar surface area (TPSA) is 0 Å². The van der Waals surface area contributed by atoms with Gasteiger partial charge in [-0.3, -0.25) is 0 Å². The molecule has 0 aliphatic carbocycles. The van der Waals surface area contributed by atoms with Gasteiger partial charge in [-0.15, -0.1) is 0 Å². The van der Waals surface area contributed by atoms with Gasteiger partial charge in [0.1, 0.15) is 0 Å². The van der Waals surface area contributed by atoms with Crippen LogP contribution in [-0.4, -0.2) is 0 Å². The van der Waals surface area contributed by atoms with Crippen molar-refractivity contribution < 1.29 is 0 Å². The van der Waals surface area contributed by atoms with E-state index in [1.807, 2.05) is 0 Å². The molecule has 0 heterocycles. The van der Waals surface area contributed by atoms with Gasteiger partial charge in [-0.25, -0.2) is 0 Å². The maximum atomic E-state index is 2.32. The monoisotopic (exact) mass is 486 g/mol. The Morgan fingerprint density at radius 2 is 0.605 bits per heavy atom. The van der Waals surface area contributed by atoms with Crippen molar-refractivity contribution in [1.29, 1.82) is 0 Å². The van der Waals surface area contributed by atoms with E-state index in [0.717, 1.165) is 0 Å². The van der Waals surface area contributed by atoms with Gasteiger partial charge >= 0.3 is 0 Å². The molecule has 0 aliphatic rings. The average Bonchev–Trinajstić information content (AvgIpc) is 3.02. The third kappa shape index (κ3) is 4.35. The van der Waals surface area contributed by atoms with E-state index in [2.05, 4.69) is 176 Å². The minimum absolute atomic E-state index is 0.0423. The van der Waals surface area contributed by atoms with Crippen LogP contribution in [-0.2, 0) is 5.41 Å². The zero-order valence-electron chi connectivity index (χ0n) is 21.3. The summed E-state index contributed by atoms with van der Waals surface area (Å²) in [7, 11) is 0. The van der Waals surface area contributed by atoms with Gasteiger partial charge < -0.3 is 0 Å². The van der Waals surface area contributed by atoms with E-state index in [1.54, 1.807) is 0 Å². The highest BCUT2D eigenvalue weighted by molar-refractivity contribution is 5.65. The fourth-order valence-electron chi connectivity index (χ4n) is 5.94. The second-order valence-electron chi connectivity index (χ2n) is 9.74. The van der Waals surface area contributed by atoms with Crippen molar-refractivity contribution in [2.75, 3.05) is 0 Å². The van der Waals surface area contributed by atoms with Crippen LogP contribution in [0.4, 0.5) is 0 Å². The van der Waals surface area contributed by atoms with Gasteiger partial charge in [-0.2, -0.15) is 0 Å². The number of benzene rings is 6. The Bertz CT molecular complexity index is 1460. The Balaban J connectivity index is 1.67. The van der Waals surface area contributed by atoms with Crippen LogP contribution in [0.15, 0.2) is 176 Å². The number of hydrogen-bond donors (Lipinski definition) is 0. The van der Waals surface area contributed by atoms with E-state index in [1.165, 1.54) is 38.9 Å². The molecule has 0 saturated heterocycles. The molecule has 0 heteroatoms. The molecule has 1 atom stereocenters. The second-order valence-corrected chi connectivity index (χ2v) is 9.74. The van der Waals surface area contributed by atoms with Crippen molar-refractivity contribution in [1.82, 2.24) is 0 Å². The zero-order chi connectivity index (χ0) is 25.6. The number of hydrogen-bond acceptors (Lipinski definition) is 0. The summed E-state index contributed by atoms with van der Waals surface area (Å²) in [6.45, 7) is 0. The lowest BCUT2D eigenvalue weighted by Crippen LogP contribution is -2.37. The molecule has 0 amide bonds. The molecule has 38 heavy (non-hydrogen) atoms. The van der Waals surface area contributed by atoms with Crippen LogP contribution in [0.5, 0.6) is 0 Å². The predicted molar refractivity (Wildman–Crippen MR) is 159 cm³/mol. The molecule has 6 aromatic rings. The summed E-state index contributed by atoms with van der Waals surface area (Å²) in [5.74, 6) is 0.0423. The fraction of sp³-hybridized carbons (Fsp3) is 0.0526. The average molecular weight is 487 g/mol.